The van der Waals surface area contributed by atoms with Crippen molar-refractivity contribution in [3.8, 4) is 0 Å². The summed E-state index contributed by atoms with van der Waals surface area (Å²) >= 11 is 3.60. The fourth-order valence-corrected chi connectivity index (χ4v) is 2.50. The van der Waals surface area contributed by atoms with E-state index in [9.17, 15) is 0 Å². The molecule has 0 heterocycles. The zero-order chi connectivity index (χ0) is 9.86. The quantitative estimate of drug-likeness (QED) is 0.552. The molecule has 1 aliphatic rings. The average molecular weight is 249 g/mol. The van der Waals surface area contributed by atoms with Crippen LogP contribution in [0, 0.1) is 0 Å². The van der Waals surface area contributed by atoms with Crippen molar-refractivity contribution in [2.24, 2.45) is 0 Å². The van der Waals surface area contributed by atoms with Gasteiger partial charge in [0.15, 0.2) is 0 Å². The van der Waals surface area contributed by atoms with E-state index in [2.05, 4.69) is 70.6 Å². The zero-order valence-corrected chi connectivity index (χ0v) is 9.57. The van der Waals surface area contributed by atoms with Gasteiger partial charge in [0.25, 0.3) is 0 Å². The molecule has 0 radical (unpaired) electrons. The first-order valence-electron chi connectivity index (χ1n) is 4.84. The Bertz CT molecular complexity index is 337. The van der Waals surface area contributed by atoms with Crippen LogP contribution in [0.15, 0.2) is 54.6 Å². The van der Waals surface area contributed by atoms with Gasteiger partial charge in [0.1, 0.15) is 0 Å². The van der Waals surface area contributed by atoms with Crippen molar-refractivity contribution in [3.63, 3.8) is 0 Å². The van der Waals surface area contributed by atoms with Crippen molar-refractivity contribution >= 4 is 15.9 Å². The predicted octanol–water partition coefficient (Wildman–Crippen LogP) is 3.84. The molecule has 1 aromatic carbocycles. The summed E-state index contributed by atoms with van der Waals surface area (Å²) in [6.45, 7) is 0. The minimum absolute atomic E-state index is 0.0690. The molecule has 0 bridgehead atoms. The molecule has 0 nitrogen and oxygen atoms in total. The van der Waals surface area contributed by atoms with Crippen LogP contribution in [0.25, 0.3) is 0 Å². The van der Waals surface area contributed by atoms with E-state index < -0.39 is 0 Å². The van der Waals surface area contributed by atoms with Gasteiger partial charge >= 0.3 is 0 Å². The van der Waals surface area contributed by atoms with Gasteiger partial charge in [-0.3, -0.25) is 0 Å². The van der Waals surface area contributed by atoms with Crippen LogP contribution in [-0.2, 0) is 5.41 Å². The second-order valence-electron chi connectivity index (χ2n) is 3.58. The average Bonchev–Trinajstić information content (AvgIpc) is 2.31. The van der Waals surface area contributed by atoms with Gasteiger partial charge in [0.05, 0.1) is 0 Å². The topological polar surface area (TPSA) is 0 Å². The Hall–Kier alpha value is -0.820. The van der Waals surface area contributed by atoms with Crippen LogP contribution in [0.2, 0.25) is 0 Å². The smallest absolute Gasteiger partial charge is 0.0409 e. The molecule has 1 aromatic rings. The lowest BCUT2D eigenvalue weighted by molar-refractivity contribution is 0.761. The van der Waals surface area contributed by atoms with Crippen LogP contribution >= 0.6 is 15.9 Å². The van der Waals surface area contributed by atoms with Crippen LogP contribution in [0.1, 0.15) is 12.0 Å². The van der Waals surface area contributed by atoms with E-state index in [1.54, 1.807) is 0 Å². The number of alkyl halides is 1. The largest absolute Gasteiger partial charge is 0.0912 e. The molecule has 0 amide bonds. The third-order valence-corrected chi connectivity index (χ3v) is 3.56. The monoisotopic (exact) mass is 248 g/mol. The van der Waals surface area contributed by atoms with Crippen LogP contribution < -0.4 is 0 Å². The Balaban J connectivity index is 2.42. The maximum Gasteiger partial charge on any atom is 0.0409 e. The first-order valence-corrected chi connectivity index (χ1v) is 5.96. The molecule has 0 N–H and O–H groups in total. The Kier molecular flexibility index (Phi) is 2.87. The van der Waals surface area contributed by atoms with Gasteiger partial charge in [-0.25, -0.2) is 0 Å². The van der Waals surface area contributed by atoms with Crippen molar-refractivity contribution in [1.82, 2.24) is 0 Å². The standard InChI is InChI=1S/C13H13Br/c14-11-13(9-5-2-6-10-13)12-7-3-1-4-8-12/h1,3-10H,2,11H2. The maximum absolute atomic E-state index is 3.60. The molecular weight excluding hydrogens is 236 g/mol. The summed E-state index contributed by atoms with van der Waals surface area (Å²) in [4.78, 5) is 0. The Labute approximate surface area is 93.5 Å². The maximum atomic E-state index is 3.60. The highest BCUT2D eigenvalue weighted by Gasteiger charge is 2.25. The van der Waals surface area contributed by atoms with Crippen LogP contribution in [0.4, 0.5) is 0 Å². The number of benzene rings is 1. The number of hydrogen-bond donors (Lipinski definition) is 0. The van der Waals surface area contributed by atoms with Crippen molar-refractivity contribution < 1.29 is 0 Å². The van der Waals surface area contributed by atoms with Gasteiger partial charge in [-0.15, -0.1) is 0 Å². The number of rotatable bonds is 2. The molecule has 2 rings (SSSR count). The Morgan fingerprint density at radius 3 is 2.29 bits per heavy atom. The molecule has 0 saturated heterocycles. The summed E-state index contributed by atoms with van der Waals surface area (Å²) in [6, 6.07) is 10.6. The lowest BCUT2D eigenvalue weighted by atomic mass is 9.79. The molecule has 0 aromatic heterocycles. The van der Waals surface area contributed by atoms with E-state index in [0.29, 0.717) is 0 Å². The third kappa shape index (κ3) is 1.69. The molecule has 1 heteroatoms. The Morgan fingerprint density at radius 2 is 1.71 bits per heavy atom. The minimum Gasteiger partial charge on any atom is -0.0912 e. The van der Waals surface area contributed by atoms with Gasteiger partial charge in [-0.1, -0.05) is 70.6 Å². The lowest BCUT2D eigenvalue weighted by Crippen LogP contribution is -2.23. The molecule has 0 fully saturated rings. The van der Waals surface area contributed by atoms with Crippen molar-refractivity contribution in [2.75, 3.05) is 5.33 Å². The highest BCUT2D eigenvalue weighted by atomic mass is 79.9. The van der Waals surface area contributed by atoms with E-state index in [1.807, 2.05) is 0 Å². The Morgan fingerprint density at radius 1 is 1.07 bits per heavy atom. The molecule has 14 heavy (non-hydrogen) atoms. The van der Waals surface area contributed by atoms with Crippen LogP contribution in [-0.4, -0.2) is 5.33 Å². The van der Waals surface area contributed by atoms with E-state index >= 15 is 0 Å². The van der Waals surface area contributed by atoms with Gasteiger partial charge in [-0.2, -0.15) is 0 Å². The van der Waals surface area contributed by atoms with Crippen LogP contribution in [0.5, 0.6) is 0 Å². The second-order valence-corrected chi connectivity index (χ2v) is 4.14. The fourth-order valence-electron chi connectivity index (χ4n) is 1.80. The van der Waals surface area contributed by atoms with Crippen LogP contribution in [0.3, 0.4) is 0 Å². The highest BCUT2D eigenvalue weighted by molar-refractivity contribution is 9.09. The minimum atomic E-state index is 0.0690. The molecule has 72 valence electrons. The second kappa shape index (κ2) is 4.14. The fraction of sp³-hybridized carbons (Fsp3) is 0.231. The van der Waals surface area contributed by atoms with Crippen molar-refractivity contribution in [2.45, 2.75) is 11.8 Å². The lowest BCUT2D eigenvalue weighted by Gasteiger charge is -2.27. The van der Waals surface area contributed by atoms with Gasteiger partial charge < -0.3 is 0 Å². The molecular formula is C13H13Br. The van der Waals surface area contributed by atoms with Gasteiger partial charge in [-0.05, 0) is 12.0 Å². The molecule has 0 atom stereocenters. The van der Waals surface area contributed by atoms with E-state index in [0.717, 1.165) is 11.8 Å². The first-order chi connectivity index (χ1) is 6.87. The van der Waals surface area contributed by atoms with E-state index in [1.165, 1.54) is 5.56 Å². The summed E-state index contributed by atoms with van der Waals surface area (Å²) in [6.07, 6.45) is 10.1. The molecule has 0 unspecified atom stereocenters. The number of halogens is 1. The normalized spacial score (nSPS) is 18.4. The number of hydrogen-bond acceptors (Lipinski definition) is 0. The SMILES string of the molecule is BrCC1(c2ccccc2)C=CCC=C1. The summed E-state index contributed by atoms with van der Waals surface area (Å²) in [5, 5.41) is 0.941. The molecule has 1 aliphatic carbocycles. The zero-order valence-electron chi connectivity index (χ0n) is 7.99. The summed E-state index contributed by atoms with van der Waals surface area (Å²) in [5.74, 6) is 0. The predicted molar refractivity (Wildman–Crippen MR) is 64.8 cm³/mol. The summed E-state index contributed by atoms with van der Waals surface area (Å²) in [5.41, 5.74) is 1.42. The van der Waals surface area contributed by atoms with Crippen molar-refractivity contribution in [3.05, 3.63) is 60.2 Å². The first kappa shape index (κ1) is 9.72. The third-order valence-electron chi connectivity index (χ3n) is 2.64. The highest BCUT2D eigenvalue weighted by Crippen LogP contribution is 2.32. The summed E-state index contributed by atoms with van der Waals surface area (Å²) < 4.78 is 0. The van der Waals surface area contributed by atoms with E-state index in [4.69, 9.17) is 0 Å². The molecule has 0 saturated carbocycles. The van der Waals surface area contributed by atoms with Crippen molar-refractivity contribution in [1.29, 1.82) is 0 Å². The van der Waals surface area contributed by atoms with E-state index in [-0.39, 0.29) is 5.41 Å². The number of allylic oxidation sites excluding steroid dienone is 4. The summed E-state index contributed by atoms with van der Waals surface area (Å²) in [7, 11) is 0. The van der Waals surface area contributed by atoms with Gasteiger partial charge in [0, 0.05) is 10.7 Å². The molecule has 0 aliphatic heterocycles. The van der Waals surface area contributed by atoms with Gasteiger partial charge in [0.2, 0.25) is 0 Å². The molecule has 0 spiro atoms.